The maximum absolute atomic E-state index is 11.7. The van der Waals surface area contributed by atoms with E-state index in [0.29, 0.717) is 23.3 Å². The predicted molar refractivity (Wildman–Crippen MR) is 75.4 cm³/mol. The zero-order valence-corrected chi connectivity index (χ0v) is 12.1. The Morgan fingerprint density at radius 2 is 1.67 bits per heavy atom. The maximum atomic E-state index is 11.7. The van der Waals surface area contributed by atoms with Gasteiger partial charge in [-0.25, -0.2) is 9.59 Å². The van der Waals surface area contributed by atoms with Gasteiger partial charge in [-0.05, 0) is 24.6 Å². The minimum Gasteiger partial charge on any atom is -0.468 e. The van der Waals surface area contributed by atoms with Gasteiger partial charge in [0, 0.05) is 12.0 Å². The van der Waals surface area contributed by atoms with Crippen LogP contribution >= 0.6 is 0 Å². The van der Waals surface area contributed by atoms with Crippen LogP contribution in [0.25, 0.3) is 0 Å². The smallest absolute Gasteiger partial charge is 0.341 e. The fourth-order valence-corrected chi connectivity index (χ4v) is 2.11. The van der Waals surface area contributed by atoms with Crippen molar-refractivity contribution in [2.75, 3.05) is 14.2 Å². The van der Waals surface area contributed by atoms with Crippen LogP contribution in [-0.2, 0) is 15.9 Å². The first-order valence-electron chi connectivity index (χ1n) is 6.39. The Bertz CT molecular complexity index is 652. The quantitative estimate of drug-likeness (QED) is 0.809. The number of furan rings is 1. The molecule has 5 heteroatoms. The van der Waals surface area contributed by atoms with Gasteiger partial charge < -0.3 is 13.9 Å². The van der Waals surface area contributed by atoms with Crippen molar-refractivity contribution in [2.24, 2.45) is 0 Å². The highest BCUT2D eigenvalue weighted by atomic mass is 16.5. The van der Waals surface area contributed by atoms with Crippen LogP contribution in [0.2, 0.25) is 0 Å². The maximum Gasteiger partial charge on any atom is 0.341 e. The molecule has 0 spiro atoms. The summed E-state index contributed by atoms with van der Waals surface area (Å²) in [5, 5.41) is 0. The molecule has 1 heterocycles. The molecule has 2 aromatic rings. The van der Waals surface area contributed by atoms with Gasteiger partial charge in [0.25, 0.3) is 0 Å². The number of hydrogen-bond donors (Lipinski definition) is 0. The third-order valence-corrected chi connectivity index (χ3v) is 3.21. The first-order chi connectivity index (χ1) is 10.1. The Hall–Kier alpha value is -2.56. The van der Waals surface area contributed by atoms with Crippen LogP contribution in [0.5, 0.6) is 0 Å². The van der Waals surface area contributed by atoms with E-state index in [1.807, 2.05) is 12.1 Å². The lowest BCUT2D eigenvalue weighted by Crippen LogP contribution is -2.05. The van der Waals surface area contributed by atoms with E-state index >= 15 is 0 Å². The fourth-order valence-electron chi connectivity index (χ4n) is 2.11. The average Bonchev–Trinajstić information content (AvgIpc) is 2.87. The second-order valence-corrected chi connectivity index (χ2v) is 4.55. The zero-order chi connectivity index (χ0) is 15.4. The molecule has 0 aliphatic carbocycles. The summed E-state index contributed by atoms with van der Waals surface area (Å²) in [7, 11) is 2.68. The van der Waals surface area contributed by atoms with Crippen molar-refractivity contribution in [2.45, 2.75) is 13.3 Å². The molecule has 0 saturated carbocycles. The van der Waals surface area contributed by atoms with Gasteiger partial charge in [-0.3, -0.25) is 0 Å². The molecule has 21 heavy (non-hydrogen) atoms. The van der Waals surface area contributed by atoms with E-state index in [1.54, 1.807) is 25.3 Å². The van der Waals surface area contributed by atoms with E-state index < -0.39 is 5.97 Å². The molecule has 1 aromatic carbocycles. The van der Waals surface area contributed by atoms with Crippen molar-refractivity contribution in [1.29, 1.82) is 0 Å². The van der Waals surface area contributed by atoms with Gasteiger partial charge in [0.05, 0.1) is 26.0 Å². The van der Waals surface area contributed by atoms with E-state index in [1.165, 1.54) is 14.2 Å². The molecule has 0 fully saturated rings. The summed E-state index contributed by atoms with van der Waals surface area (Å²) in [5.41, 5.74) is 2.64. The number of ether oxygens (including phenoxy) is 2. The summed E-state index contributed by atoms with van der Waals surface area (Å²) in [5.74, 6) is -0.263. The minimum atomic E-state index is -0.414. The molecule has 2 rings (SSSR count). The molecule has 1 aromatic heterocycles. The summed E-state index contributed by atoms with van der Waals surface area (Å²) in [6.45, 7) is 1.72. The average molecular weight is 288 g/mol. The number of aryl methyl sites for hydroxylation is 1. The second-order valence-electron chi connectivity index (χ2n) is 4.55. The Morgan fingerprint density at radius 3 is 2.24 bits per heavy atom. The van der Waals surface area contributed by atoms with Crippen LogP contribution in [0.4, 0.5) is 0 Å². The summed E-state index contributed by atoms with van der Waals surface area (Å²) in [4.78, 5) is 23.1. The van der Waals surface area contributed by atoms with Crippen molar-refractivity contribution in [3.05, 3.63) is 58.5 Å². The molecule has 0 N–H and O–H groups in total. The first kappa shape index (κ1) is 14.8. The molecule has 0 radical (unpaired) electrons. The van der Waals surface area contributed by atoms with Crippen molar-refractivity contribution >= 4 is 11.9 Å². The third-order valence-electron chi connectivity index (χ3n) is 3.21. The summed E-state index contributed by atoms with van der Waals surface area (Å²) in [6.07, 6.45) is 2.07. The van der Waals surface area contributed by atoms with E-state index in [2.05, 4.69) is 4.74 Å². The van der Waals surface area contributed by atoms with Gasteiger partial charge in [0.2, 0.25) is 0 Å². The third kappa shape index (κ3) is 3.13. The Balaban J connectivity index is 2.23. The molecule has 110 valence electrons. The molecule has 0 bridgehead atoms. The molecular formula is C16H16O5. The van der Waals surface area contributed by atoms with Gasteiger partial charge in [-0.1, -0.05) is 12.1 Å². The van der Waals surface area contributed by atoms with Gasteiger partial charge >= 0.3 is 11.9 Å². The standard InChI is InChI=1S/C16H16O5/c1-10-14(16(18)20-3)13(9-21-10)8-11-4-6-12(7-5-11)15(17)19-2/h4-7,9H,8H2,1-3H3. The molecule has 0 aliphatic rings. The number of rotatable bonds is 4. The van der Waals surface area contributed by atoms with Crippen molar-refractivity contribution in [3.8, 4) is 0 Å². The van der Waals surface area contributed by atoms with E-state index in [4.69, 9.17) is 9.15 Å². The minimum absolute atomic E-state index is 0.379. The highest BCUT2D eigenvalue weighted by Crippen LogP contribution is 2.21. The van der Waals surface area contributed by atoms with E-state index in [9.17, 15) is 9.59 Å². The van der Waals surface area contributed by atoms with Crippen LogP contribution in [0.15, 0.2) is 34.9 Å². The Labute approximate surface area is 122 Å². The van der Waals surface area contributed by atoms with E-state index in [-0.39, 0.29) is 5.97 Å². The molecule has 5 nitrogen and oxygen atoms in total. The van der Waals surface area contributed by atoms with Gasteiger partial charge in [-0.15, -0.1) is 0 Å². The number of benzene rings is 1. The second kappa shape index (κ2) is 6.26. The van der Waals surface area contributed by atoms with Crippen LogP contribution < -0.4 is 0 Å². The van der Waals surface area contributed by atoms with Gasteiger partial charge in [-0.2, -0.15) is 0 Å². The van der Waals surface area contributed by atoms with Crippen LogP contribution in [0.1, 0.15) is 37.6 Å². The monoisotopic (exact) mass is 288 g/mol. The SMILES string of the molecule is COC(=O)c1ccc(Cc2coc(C)c2C(=O)OC)cc1. The number of methoxy groups -OCH3 is 2. The highest BCUT2D eigenvalue weighted by Gasteiger charge is 2.19. The van der Waals surface area contributed by atoms with Crippen LogP contribution in [0, 0.1) is 6.92 Å². The van der Waals surface area contributed by atoms with Crippen LogP contribution in [0.3, 0.4) is 0 Å². The van der Waals surface area contributed by atoms with Gasteiger partial charge in [0.1, 0.15) is 11.3 Å². The Morgan fingerprint density at radius 1 is 1.05 bits per heavy atom. The molecule has 0 atom stereocenters. The molecule has 0 amide bonds. The largest absolute Gasteiger partial charge is 0.468 e. The van der Waals surface area contributed by atoms with Crippen molar-refractivity contribution < 1.29 is 23.5 Å². The Kier molecular flexibility index (Phi) is 4.42. The van der Waals surface area contributed by atoms with E-state index in [0.717, 1.165) is 11.1 Å². The highest BCUT2D eigenvalue weighted by molar-refractivity contribution is 5.92. The molecule has 0 saturated heterocycles. The van der Waals surface area contributed by atoms with Crippen molar-refractivity contribution in [3.63, 3.8) is 0 Å². The summed E-state index contributed by atoms with van der Waals surface area (Å²) >= 11 is 0. The van der Waals surface area contributed by atoms with Gasteiger partial charge in [0.15, 0.2) is 0 Å². The predicted octanol–water partition coefficient (Wildman–Crippen LogP) is 2.75. The van der Waals surface area contributed by atoms with Crippen LogP contribution in [-0.4, -0.2) is 26.2 Å². The summed E-state index contributed by atoms with van der Waals surface area (Å²) < 4.78 is 14.7. The number of esters is 2. The lowest BCUT2D eigenvalue weighted by Gasteiger charge is -2.04. The number of carbonyl (C=O) groups excluding carboxylic acids is 2. The lowest BCUT2D eigenvalue weighted by molar-refractivity contribution is 0.0590. The zero-order valence-electron chi connectivity index (χ0n) is 12.1. The fraction of sp³-hybridized carbons (Fsp3) is 0.250. The number of carbonyl (C=O) groups is 2. The summed E-state index contributed by atoms with van der Waals surface area (Å²) in [6, 6.07) is 7.00. The topological polar surface area (TPSA) is 65.7 Å². The number of hydrogen-bond acceptors (Lipinski definition) is 5. The molecule has 0 aliphatic heterocycles. The van der Waals surface area contributed by atoms with Crippen molar-refractivity contribution in [1.82, 2.24) is 0 Å². The lowest BCUT2D eigenvalue weighted by atomic mass is 10.0. The normalized spacial score (nSPS) is 10.2. The molecule has 0 unspecified atom stereocenters. The molecular weight excluding hydrogens is 272 g/mol. The first-order valence-corrected chi connectivity index (χ1v) is 6.39.